The van der Waals surface area contributed by atoms with E-state index in [0.29, 0.717) is 18.9 Å². The predicted molar refractivity (Wildman–Crippen MR) is 142 cm³/mol. The Morgan fingerprint density at radius 1 is 0.917 bits per heavy atom. The van der Waals surface area contributed by atoms with Gasteiger partial charge in [0.15, 0.2) is 0 Å². The minimum Gasteiger partial charge on any atom is -0.352 e. The zero-order valence-electron chi connectivity index (χ0n) is 21.2. The van der Waals surface area contributed by atoms with Gasteiger partial charge >= 0.3 is 0 Å². The number of nitrogens with zero attached hydrogens (tertiary/aromatic N) is 2. The van der Waals surface area contributed by atoms with Crippen LogP contribution in [0.3, 0.4) is 0 Å². The fourth-order valence-corrected chi connectivity index (χ4v) is 4.98. The number of amides is 2. The van der Waals surface area contributed by atoms with E-state index in [1.807, 2.05) is 65.2 Å². The first-order chi connectivity index (χ1) is 17.4. The zero-order chi connectivity index (χ0) is 25.5. The summed E-state index contributed by atoms with van der Waals surface area (Å²) in [6.45, 7) is 0.695. The lowest BCUT2D eigenvalue weighted by Crippen LogP contribution is -2.37. The van der Waals surface area contributed by atoms with Crippen LogP contribution >= 0.6 is 0 Å². The number of benzene rings is 2. The van der Waals surface area contributed by atoms with E-state index in [-0.39, 0.29) is 17.2 Å². The second kappa shape index (κ2) is 11.8. The van der Waals surface area contributed by atoms with Crippen LogP contribution in [-0.4, -0.2) is 35.4 Å². The van der Waals surface area contributed by atoms with Crippen molar-refractivity contribution < 1.29 is 9.59 Å². The number of hydrogen-bond acceptors (Lipinski definition) is 3. The van der Waals surface area contributed by atoms with Crippen LogP contribution in [0.25, 0.3) is 0 Å². The second-order valence-electron chi connectivity index (χ2n) is 9.94. The summed E-state index contributed by atoms with van der Waals surface area (Å²) < 4.78 is 1.87. The Morgan fingerprint density at radius 2 is 1.53 bits per heavy atom. The summed E-state index contributed by atoms with van der Waals surface area (Å²) in [6, 6.07) is 19.4. The quantitative estimate of drug-likeness (QED) is 0.496. The first-order valence-corrected chi connectivity index (χ1v) is 12.8. The first-order valence-electron chi connectivity index (χ1n) is 12.8. The molecule has 6 heteroatoms. The Morgan fingerprint density at radius 3 is 2.17 bits per heavy atom. The van der Waals surface area contributed by atoms with Crippen LogP contribution in [0.15, 0.2) is 77.9 Å². The van der Waals surface area contributed by atoms with E-state index in [1.54, 1.807) is 26.5 Å². The van der Waals surface area contributed by atoms with Gasteiger partial charge < -0.3 is 14.8 Å². The van der Waals surface area contributed by atoms with E-state index in [9.17, 15) is 14.4 Å². The monoisotopic (exact) mass is 485 g/mol. The van der Waals surface area contributed by atoms with Gasteiger partial charge in [0.2, 0.25) is 5.43 Å². The molecule has 1 heterocycles. The van der Waals surface area contributed by atoms with Gasteiger partial charge in [0.1, 0.15) is 11.1 Å². The topological polar surface area (TPSA) is 71.4 Å². The molecule has 0 spiro atoms. The molecule has 6 nitrogen and oxygen atoms in total. The average molecular weight is 486 g/mol. The van der Waals surface area contributed by atoms with Gasteiger partial charge in [0, 0.05) is 33.0 Å². The third-order valence-electron chi connectivity index (χ3n) is 6.94. The van der Waals surface area contributed by atoms with Crippen molar-refractivity contribution in [2.45, 2.75) is 51.1 Å². The van der Waals surface area contributed by atoms with Crippen molar-refractivity contribution >= 4 is 11.8 Å². The van der Waals surface area contributed by atoms with Crippen molar-refractivity contribution in [3.05, 3.63) is 106 Å². The van der Waals surface area contributed by atoms with Gasteiger partial charge in [0.05, 0.1) is 6.04 Å². The molecule has 2 aromatic carbocycles. The van der Waals surface area contributed by atoms with E-state index in [4.69, 9.17) is 0 Å². The highest BCUT2D eigenvalue weighted by Gasteiger charge is 2.24. The summed E-state index contributed by atoms with van der Waals surface area (Å²) in [6.07, 6.45) is 9.72. The molecule has 188 valence electrons. The number of hydrogen-bond donors (Lipinski definition) is 1. The van der Waals surface area contributed by atoms with Crippen molar-refractivity contribution in [2.75, 3.05) is 14.1 Å². The summed E-state index contributed by atoms with van der Waals surface area (Å²) in [4.78, 5) is 41.2. The van der Waals surface area contributed by atoms with Gasteiger partial charge in [-0.2, -0.15) is 0 Å². The van der Waals surface area contributed by atoms with Crippen LogP contribution in [-0.2, 0) is 13.0 Å². The Kier molecular flexibility index (Phi) is 8.36. The molecule has 1 unspecified atom stereocenters. The van der Waals surface area contributed by atoms with Gasteiger partial charge in [-0.1, -0.05) is 79.9 Å². The maximum absolute atomic E-state index is 13.6. The molecule has 1 atom stereocenters. The Balaban J connectivity index is 1.67. The van der Waals surface area contributed by atoms with Crippen LogP contribution < -0.4 is 10.7 Å². The van der Waals surface area contributed by atoms with Crippen molar-refractivity contribution in [3.63, 3.8) is 0 Å². The largest absolute Gasteiger partial charge is 0.352 e. The highest BCUT2D eigenvalue weighted by Crippen LogP contribution is 2.25. The second-order valence-corrected chi connectivity index (χ2v) is 9.94. The van der Waals surface area contributed by atoms with E-state index in [2.05, 4.69) is 5.32 Å². The maximum atomic E-state index is 13.6. The molecule has 1 aromatic heterocycles. The molecule has 3 aromatic rings. The Hall–Kier alpha value is -3.67. The lowest BCUT2D eigenvalue weighted by molar-refractivity contribution is 0.0825. The van der Waals surface area contributed by atoms with E-state index in [0.717, 1.165) is 24.0 Å². The van der Waals surface area contributed by atoms with E-state index >= 15 is 0 Å². The van der Waals surface area contributed by atoms with Crippen molar-refractivity contribution in [2.24, 2.45) is 5.92 Å². The van der Waals surface area contributed by atoms with E-state index in [1.165, 1.54) is 24.2 Å². The average Bonchev–Trinajstić information content (AvgIpc) is 2.90. The minimum atomic E-state index is -0.530. The molecule has 0 radical (unpaired) electrons. The predicted octanol–water partition coefficient (Wildman–Crippen LogP) is 4.84. The number of aromatic nitrogens is 1. The molecule has 1 N–H and O–H groups in total. The standard InChI is InChI=1S/C30H35N3O3/c1-32(2)30(36)26-21-33(19-23-14-8-4-9-15-23)20-25(28(26)34)29(35)31-27(24-16-10-5-11-17-24)18-22-12-6-3-7-13-22/h3,5-7,10-13,16-17,20-21,23,27H,4,8-9,14-15,18-19H2,1-2H3,(H,31,35). The lowest BCUT2D eigenvalue weighted by Gasteiger charge is -2.24. The van der Waals surface area contributed by atoms with Crippen LogP contribution in [0.2, 0.25) is 0 Å². The van der Waals surface area contributed by atoms with Gasteiger partial charge in [-0.25, -0.2) is 0 Å². The molecule has 1 saturated carbocycles. The fraction of sp³-hybridized carbons (Fsp3) is 0.367. The summed E-state index contributed by atoms with van der Waals surface area (Å²) >= 11 is 0. The lowest BCUT2D eigenvalue weighted by atomic mass is 9.89. The number of carbonyl (C=O) groups excluding carboxylic acids is 2. The van der Waals surface area contributed by atoms with Crippen molar-refractivity contribution in [3.8, 4) is 0 Å². The molecule has 4 rings (SSSR count). The number of rotatable bonds is 8. The first kappa shape index (κ1) is 25.4. The van der Waals surface area contributed by atoms with Crippen LogP contribution in [0, 0.1) is 5.92 Å². The van der Waals surface area contributed by atoms with Crippen LogP contribution in [0.4, 0.5) is 0 Å². The third kappa shape index (κ3) is 6.30. The number of pyridine rings is 1. The van der Waals surface area contributed by atoms with Crippen molar-refractivity contribution in [1.82, 2.24) is 14.8 Å². The maximum Gasteiger partial charge on any atom is 0.258 e. The van der Waals surface area contributed by atoms with Crippen LogP contribution in [0.1, 0.15) is 70.0 Å². The molecule has 1 aliphatic rings. The van der Waals surface area contributed by atoms with Crippen molar-refractivity contribution in [1.29, 1.82) is 0 Å². The SMILES string of the molecule is CN(C)C(=O)c1cn(CC2CCCCC2)cc(C(=O)NC(Cc2ccccc2)c2ccccc2)c1=O. The Labute approximate surface area is 213 Å². The van der Waals surface area contributed by atoms with Gasteiger partial charge in [-0.3, -0.25) is 14.4 Å². The molecule has 2 amide bonds. The summed E-state index contributed by atoms with van der Waals surface area (Å²) in [5, 5.41) is 3.09. The summed E-state index contributed by atoms with van der Waals surface area (Å²) in [7, 11) is 3.23. The number of carbonyl (C=O) groups is 2. The van der Waals surface area contributed by atoms with E-state index < -0.39 is 17.2 Å². The number of nitrogens with one attached hydrogen (secondary N) is 1. The highest BCUT2D eigenvalue weighted by molar-refractivity contribution is 5.99. The summed E-state index contributed by atoms with van der Waals surface area (Å²) in [5.41, 5.74) is 1.54. The molecule has 0 saturated heterocycles. The molecule has 1 fully saturated rings. The van der Waals surface area contributed by atoms with Crippen LogP contribution in [0.5, 0.6) is 0 Å². The molecule has 1 aliphatic carbocycles. The molecular weight excluding hydrogens is 450 g/mol. The molecule has 0 bridgehead atoms. The smallest absolute Gasteiger partial charge is 0.258 e. The normalized spacial score (nSPS) is 14.7. The summed E-state index contributed by atoms with van der Waals surface area (Å²) in [5.74, 6) is -0.374. The van der Waals surface area contributed by atoms with Gasteiger partial charge in [0.25, 0.3) is 11.8 Å². The third-order valence-corrected chi connectivity index (χ3v) is 6.94. The minimum absolute atomic E-state index is 0.00695. The highest BCUT2D eigenvalue weighted by atomic mass is 16.2. The van der Waals surface area contributed by atoms with Gasteiger partial charge in [-0.05, 0) is 36.3 Å². The molecular formula is C30H35N3O3. The molecule has 36 heavy (non-hydrogen) atoms. The molecule has 0 aliphatic heterocycles. The Bertz CT molecular complexity index is 1230. The zero-order valence-corrected chi connectivity index (χ0v) is 21.2. The fourth-order valence-electron chi connectivity index (χ4n) is 4.98. The van der Waals surface area contributed by atoms with Gasteiger partial charge in [-0.15, -0.1) is 0 Å².